The van der Waals surface area contributed by atoms with E-state index in [2.05, 4.69) is 16.3 Å². The highest BCUT2D eigenvalue weighted by molar-refractivity contribution is 7.09. The topological polar surface area (TPSA) is 51.0 Å². The van der Waals surface area contributed by atoms with Crippen LogP contribution in [0.15, 0.2) is 17.8 Å². The van der Waals surface area contributed by atoms with Crippen LogP contribution in [0.5, 0.6) is 0 Å². The Bertz CT molecular complexity index is 633. The van der Waals surface area contributed by atoms with Gasteiger partial charge in [0, 0.05) is 24.7 Å². The average molecular weight is 304 g/mol. The van der Waals surface area contributed by atoms with Crippen molar-refractivity contribution >= 4 is 17.2 Å². The predicted octanol–water partition coefficient (Wildman–Crippen LogP) is 2.36. The quantitative estimate of drug-likeness (QED) is 0.874. The number of nitrogens with zero attached hydrogens (tertiary/aromatic N) is 4. The molecule has 0 radical (unpaired) electrons. The molecule has 2 aromatic rings. The molecule has 21 heavy (non-hydrogen) atoms. The van der Waals surface area contributed by atoms with Crippen LogP contribution in [0.2, 0.25) is 0 Å². The number of carbonyl (C=O) groups is 1. The summed E-state index contributed by atoms with van der Waals surface area (Å²) in [6, 6.07) is 0.300. The fraction of sp³-hybridized carbons (Fsp3) is 0.533. The first-order chi connectivity index (χ1) is 10.1. The van der Waals surface area contributed by atoms with Crippen LogP contribution >= 0.6 is 11.3 Å². The third-order valence-corrected chi connectivity index (χ3v) is 4.68. The van der Waals surface area contributed by atoms with E-state index in [0.29, 0.717) is 12.5 Å². The first-order valence-electron chi connectivity index (χ1n) is 7.31. The molecule has 0 bridgehead atoms. The summed E-state index contributed by atoms with van der Waals surface area (Å²) in [5.41, 5.74) is 2.05. The first kappa shape index (κ1) is 14.3. The Morgan fingerprint density at radius 2 is 2.33 bits per heavy atom. The Morgan fingerprint density at radius 1 is 1.48 bits per heavy atom. The summed E-state index contributed by atoms with van der Waals surface area (Å²) in [6.07, 6.45) is 6.46. The van der Waals surface area contributed by atoms with Crippen molar-refractivity contribution in [2.75, 3.05) is 13.1 Å². The van der Waals surface area contributed by atoms with E-state index in [1.807, 2.05) is 35.0 Å². The molecule has 1 saturated heterocycles. The van der Waals surface area contributed by atoms with Crippen molar-refractivity contribution in [3.8, 4) is 0 Å². The highest BCUT2D eigenvalue weighted by Gasteiger charge is 2.25. The summed E-state index contributed by atoms with van der Waals surface area (Å²) in [5, 5.41) is 7.38. The van der Waals surface area contributed by atoms with Crippen molar-refractivity contribution in [1.82, 2.24) is 19.7 Å². The molecule has 3 rings (SSSR count). The van der Waals surface area contributed by atoms with Gasteiger partial charge in [-0.1, -0.05) is 0 Å². The zero-order valence-electron chi connectivity index (χ0n) is 12.5. The highest BCUT2D eigenvalue weighted by Crippen LogP contribution is 2.22. The van der Waals surface area contributed by atoms with E-state index in [0.717, 1.165) is 42.2 Å². The maximum absolute atomic E-state index is 12.4. The lowest BCUT2D eigenvalue weighted by molar-refractivity contribution is -0.132. The van der Waals surface area contributed by atoms with Crippen molar-refractivity contribution in [2.45, 2.75) is 39.2 Å². The van der Waals surface area contributed by atoms with E-state index in [1.54, 1.807) is 11.3 Å². The molecule has 1 fully saturated rings. The van der Waals surface area contributed by atoms with Gasteiger partial charge in [0.1, 0.15) is 0 Å². The maximum atomic E-state index is 12.4. The number of aryl methyl sites for hydroxylation is 2. The third-order valence-electron chi connectivity index (χ3n) is 3.85. The molecule has 6 heteroatoms. The Balaban J connectivity index is 1.64. The predicted molar refractivity (Wildman–Crippen MR) is 82.4 cm³/mol. The van der Waals surface area contributed by atoms with Gasteiger partial charge in [0.25, 0.3) is 0 Å². The van der Waals surface area contributed by atoms with Crippen LogP contribution in [0.4, 0.5) is 0 Å². The molecule has 0 aromatic carbocycles. The summed E-state index contributed by atoms with van der Waals surface area (Å²) in [5.74, 6) is 0.175. The molecular weight excluding hydrogens is 284 g/mol. The SMILES string of the molecule is Cc1cnn([C@H]2CCCN(C(=O)Cc3csc(C)n3)C2)c1. The van der Waals surface area contributed by atoms with Crippen LogP contribution in [0, 0.1) is 13.8 Å². The Hall–Kier alpha value is -1.69. The van der Waals surface area contributed by atoms with Gasteiger partial charge in [0.05, 0.1) is 29.4 Å². The van der Waals surface area contributed by atoms with Crippen molar-refractivity contribution in [3.05, 3.63) is 34.0 Å². The van der Waals surface area contributed by atoms with Crippen LogP contribution < -0.4 is 0 Å². The van der Waals surface area contributed by atoms with Crippen molar-refractivity contribution < 1.29 is 4.79 Å². The maximum Gasteiger partial charge on any atom is 0.228 e. The molecule has 5 nitrogen and oxygen atoms in total. The molecule has 1 amide bonds. The molecule has 0 spiro atoms. The van der Waals surface area contributed by atoms with Crippen LogP contribution in [-0.2, 0) is 11.2 Å². The Morgan fingerprint density at radius 3 is 3.00 bits per heavy atom. The molecule has 0 aliphatic carbocycles. The summed E-state index contributed by atoms with van der Waals surface area (Å²) in [7, 11) is 0. The second-order valence-corrected chi connectivity index (χ2v) is 6.73. The average Bonchev–Trinajstić information content (AvgIpc) is 3.08. The summed E-state index contributed by atoms with van der Waals surface area (Å²) < 4.78 is 2.00. The molecule has 1 atom stereocenters. The standard InChI is InChI=1S/C15H20N4OS/c1-11-7-16-19(8-11)14-4-3-5-18(9-14)15(20)6-13-10-21-12(2)17-13/h7-8,10,14H,3-6,9H2,1-2H3/t14-/m0/s1. The van der Waals surface area contributed by atoms with Gasteiger partial charge in [-0.3, -0.25) is 9.48 Å². The number of hydrogen-bond donors (Lipinski definition) is 0. The minimum atomic E-state index is 0.175. The van der Waals surface area contributed by atoms with Crippen LogP contribution in [-0.4, -0.2) is 38.7 Å². The Kier molecular flexibility index (Phi) is 4.05. The number of carbonyl (C=O) groups excluding carboxylic acids is 1. The number of likely N-dealkylation sites (tertiary alicyclic amines) is 1. The van der Waals surface area contributed by atoms with Crippen LogP contribution in [0.1, 0.15) is 35.1 Å². The monoisotopic (exact) mass is 304 g/mol. The van der Waals surface area contributed by atoms with E-state index >= 15 is 0 Å². The lowest BCUT2D eigenvalue weighted by atomic mass is 10.1. The molecule has 112 valence electrons. The largest absolute Gasteiger partial charge is 0.340 e. The van der Waals surface area contributed by atoms with E-state index < -0.39 is 0 Å². The van der Waals surface area contributed by atoms with Crippen LogP contribution in [0.25, 0.3) is 0 Å². The molecule has 0 saturated carbocycles. The lowest BCUT2D eigenvalue weighted by Crippen LogP contribution is -2.41. The fourth-order valence-corrected chi connectivity index (χ4v) is 3.40. The summed E-state index contributed by atoms with van der Waals surface area (Å²) in [4.78, 5) is 18.8. The molecule has 0 unspecified atom stereocenters. The minimum absolute atomic E-state index is 0.175. The van der Waals surface area contributed by atoms with E-state index in [4.69, 9.17) is 0 Å². The lowest BCUT2D eigenvalue weighted by Gasteiger charge is -2.32. The van der Waals surface area contributed by atoms with Crippen molar-refractivity contribution in [2.24, 2.45) is 0 Å². The summed E-state index contributed by atoms with van der Waals surface area (Å²) in [6.45, 7) is 5.61. The van der Waals surface area contributed by atoms with Gasteiger partial charge >= 0.3 is 0 Å². The van der Waals surface area contributed by atoms with E-state index in [1.165, 1.54) is 0 Å². The van der Waals surface area contributed by atoms with Crippen molar-refractivity contribution in [3.63, 3.8) is 0 Å². The van der Waals surface area contributed by atoms with Gasteiger partial charge in [-0.2, -0.15) is 5.10 Å². The van der Waals surface area contributed by atoms with Gasteiger partial charge in [0.2, 0.25) is 5.91 Å². The van der Waals surface area contributed by atoms with Crippen LogP contribution in [0.3, 0.4) is 0 Å². The Labute approximate surface area is 128 Å². The second-order valence-electron chi connectivity index (χ2n) is 5.67. The molecule has 2 aromatic heterocycles. The van der Waals surface area contributed by atoms with Gasteiger partial charge in [0.15, 0.2) is 0 Å². The van der Waals surface area contributed by atoms with Gasteiger partial charge in [-0.15, -0.1) is 11.3 Å². The van der Waals surface area contributed by atoms with Gasteiger partial charge in [-0.05, 0) is 32.3 Å². The van der Waals surface area contributed by atoms with Gasteiger partial charge in [-0.25, -0.2) is 4.98 Å². The third kappa shape index (κ3) is 3.32. The molecular formula is C15H20N4OS. The number of amides is 1. The van der Waals surface area contributed by atoms with Crippen molar-refractivity contribution in [1.29, 1.82) is 0 Å². The number of aromatic nitrogens is 3. The summed E-state index contributed by atoms with van der Waals surface area (Å²) >= 11 is 1.60. The second kappa shape index (κ2) is 5.97. The fourth-order valence-electron chi connectivity index (χ4n) is 2.79. The molecule has 3 heterocycles. The molecule has 1 aliphatic rings. The zero-order valence-corrected chi connectivity index (χ0v) is 13.3. The zero-order chi connectivity index (χ0) is 14.8. The van der Waals surface area contributed by atoms with E-state index in [9.17, 15) is 4.79 Å². The normalized spacial score (nSPS) is 19.0. The van der Waals surface area contributed by atoms with E-state index in [-0.39, 0.29) is 5.91 Å². The number of hydrogen-bond acceptors (Lipinski definition) is 4. The first-order valence-corrected chi connectivity index (χ1v) is 8.19. The molecule has 1 aliphatic heterocycles. The number of thiazole rings is 1. The smallest absolute Gasteiger partial charge is 0.228 e. The number of piperidine rings is 1. The minimum Gasteiger partial charge on any atom is -0.340 e. The number of rotatable bonds is 3. The highest BCUT2D eigenvalue weighted by atomic mass is 32.1. The van der Waals surface area contributed by atoms with Gasteiger partial charge < -0.3 is 4.90 Å². The molecule has 0 N–H and O–H groups in total.